The maximum absolute atomic E-state index is 12.4. The highest BCUT2D eigenvalue weighted by Gasteiger charge is 2.24. The van der Waals surface area contributed by atoms with Gasteiger partial charge >= 0.3 is 0 Å². The molecular weight excluding hydrogens is 406 g/mol. The molecule has 0 atom stereocenters. The maximum Gasteiger partial charge on any atom is 0.230 e. The average Bonchev–Trinajstić information content (AvgIpc) is 3.50. The molecule has 1 aromatic heterocycles. The van der Waals surface area contributed by atoms with Crippen LogP contribution in [0, 0.1) is 0 Å². The van der Waals surface area contributed by atoms with Gasteiger partial charge in [0.25, 0.3) is 0 Å². The molecule has 2 aliphatic rings. The Balaban J connectivity index is 1.28. The highest BCUT2D eigenvalue weighted by atomic mass is 16.5. The summed E-state index contributed by atoms with van der Waals surface area (Å²) in [5.41, 5.74) is 2.18. The van der Waals surface area contributed by atoms with E-state index in [9.17, 15) is 9.59 Å². The summed E-state index contributed by atoms with van der Waals surface area (Å²) in [4.78, 5) is 34.5. The third-order valence-electron chi connectivity index (χ3n) is 6.51. The largest absolute Gasteiger partial charge is 0.349 e. The molecule has 1 saturated carbocycles. The zero-order valence-electron chi connectivity index (χ0n) is 19.1. The zero-order valence-corrected chi connectivity index (χ0v) is 19.1. The third-order valence-corrected chi connectivity index (χ3v) is 6.51. The predicted molar refractivity (Wildman–Crippen MR) is 121 cm³/mol. The molecule has 32 heavy (non-hydrogen) atoms. The van der Waals surface area contributed by atoms with E-state index in [2.05, 4.69) is 27.2 Å². The lowest BCUT2D eigenvalue weighted by atomic mass is 10.1. The summed E-state index contributed by atoms with van der Waals surface area (Å²) in [6, 6.07) is 8.32. The lowest BCUT2D eigenvalue weighted by Gasteiger charge is -2.35. The molecule has 1 aromatic carbocycles. The van der Waals surface area contributed by atoms with E-state index in [-0.39, 0.29) is 24.7 Å². The van der Waals surface area contributed by atoms with Crippen LogP contribution < -0.4 is 0 Å². The first-order valence-electron chi connectivity index (χ1n) is 11.6. The molecule has 2 aromatic rings. The Bertz CT molecular complexity index is 927. The minimum absolute atomic E-state index is 0.00571. The van der Waals surface area contributed by atoms with Gasteiger partial charge in [0.05, 0.1) is 0 Å². The van der Waals surface area contributed by atoms with E-state index in [4.69, 9.17) is 4.52 Å². The van der Waals surface area contributed by atoms with Gasteiger partial charge in [0.15, 0.2) is 0 Å². The van der Waals surface area contributed by atoms with E-state index in [1.807, 2.05) is 17.0 Å². The van der Waals surface area contributed by atoms with Crippen molar-refractivity contribution in [2.75, 3.05) is 40.3 Å². The SMILES string of the molecule is CN(C)C(=O)CCC(=O)N1CCN(Cc2cccc(-c3noc(C4CCCC4)n3)c2)CC1. The summed E-state index contributed by atoms with van der Waals surface area (Å²) in [5, 5.41) is 4.22. The van der Waals surface area contributed by atoms with E-state index < -0.39 is 0 Å². The minimum atomic E-state index is -0.00571. The maximum atomic E-state index is 12.4. The van der Waals surface area contributed by atoms with Gasteiger partial charge in [0.2, 0.25) is 23.5 Å². The monoisotopic (exact) mass is 439 g/mol. The summed E-state index contributed by atoms with van der Waals surface area (Å²) < 4.78 is 5.54. The van der Waals surface area contributed by atoms with Crippen LogP contribution in [0.4, 0.5) is 0 Å². The summed E-state index contributed by atoms with van der Waals surface area (Å²) in [6.45, 7) is 3.87. The number of piperazine rings is 1. The Morgan fingerprint density at radius 3 is 2.56 bits per heavy atom. The Hall–Kier alpha value is -2.74. The van der Waals surface area contributed by atoms with Crippen LogP contribution in [0.15, 0.2) is 28.8 Å². The number of amides is 2. The fourth-order valence-electron chi connectivity index (χ4n) is 4.51. The minimum Gasteiger partial charge on any atom is -0.349 e. The molecular formula is C24H33N5O3. The second-order valence-electron chi connectivity index (χ2n) is 9.08. The molecule has 0 unspecified atom stereocenters. The van der Waals surface area contributed by atoms with Crippen LogP contribution in [0.5, 0.6) is 0 Å². The van der Waals surface area contributed by atoms with E-state index in [1.165, 1.54) is 23.3 Å². The standard InChI is InChI=1S/C24H33N5O3/c1-27(2)21(30)10-11-22(31)29-14-12-28(13-15-29)17-18-6-5-9-20(16-18)23-25-24(32-26-23)19-7-3-4-8-19/h5-6,9,16,19H,3-4,7-8,10-15,17H2,1-2H3. The molecule has 0 N–H and O–H groups in total. The molecule has 1 saturated heterocycles. The third kappa shape index (κ3) is 5.54. The predicted octanol–water partition coefficient (Wildman–Crippen LogP) is 2.91. The molecule has 0 radical (unpaired) electrons. The highest BCUT2D eigenvalue weighted by molar-refractivity contribution is 5.83. The van der Waals surface area contributed by atoms with Crippen molar-refractivity contribution in [1.82, 2.24) is 24.8 Å². The molecule has 0 spiro atoms. The van der Waals surface area contributed by atoms with Crippen LogP contribution in [0.1, 0.15) is 55.9 Å². The van der Waals surface area contributed by atoms with Gasteiger partial charge in [-0.25, -0.2) is 0 Å². The average molecular weight is 440 g/mol. The van der Waals surface area contributed by atoms with Crippen molar-refractivity contribution in [3.8, 4) is 11.4 Å². The number of aromatic nitrogens is 2. The molecule has 8 nitrogen and oxygen atoms in total. The molecule has 2 fully saturated rings. The summed E-state index contributed by atoms with van der Waals surface area (Å²) in [5.74, 6) is 1.91. The smallest absolute Gasteiger partial charge is 0.230 e. The van der Waals surface area contributed by atoms with Gasteiger partial charge in [-0.3, -0.25) is 14.5 Å². The van der Waals surface area contributed by atoms with Crippen molar-refractivity contribution >= 4 is 11.8 Å². The zero-order chi connectivity index (χ0) is 22.5. The second-order valence-corrected chi connectivity index (χ2v) is 9.08. The fraction of sp³-hybridized carbons (Fsp3) is 0.583. The number of carbonyl (C=O) groups excluding carboxylic acids is 2. The Morgan fingerprint density at radius 2 is 1.84 bits per heavy atom. The molecule has 4 rings (SSSR count). The molecule has 1 aliphatic heterocycles. The number of nitrogens with zero attached hydrogens (tertiary/aromatic N) is 5. The van der Waals surface area contributed by atoms with Crippen LogP contribution in [0.2, 0.25) is 0 Å². The normalized spacial score (nSPS) is 17.6. The molecule has 0 bridgehead atoms. The van der Waals surface area contributed by atoms with Gasteiger partial charge in [-0.1, -0.05) is 36.2 Å². The van der Waals surface area contributed by atoms with E-state index in [1.54, 1.807) is 14.1 Å². The van der Waals surface area contributed by atoms with Gasteiger partial charge in [0.1, 0.15) is 0 Å². The topological polar surface area (TPSA) is 82.8 Å². The van der Waals surface area contributed by atoms with Crippen LogP contribution in [-0.4, -0.2) is 76.9 Å². The second kappa shape index (κ2) is 10.3. The van der Waals surface area contributed by atoms with E-state index >= 15 is 0 Å². The van der Waals surface area contributed by atoms with Gasteiger partial charge in [-0.15, -0.1) is 0 Å². The number of hydrogen-bond donors (Lipinski definition) is 0. The van der Waals surface area contributed by atoms with Gasteiger partial charge in [-0.05, 0) is 24.5 Å². The lowest BCUT2D eigenvalue weighted by Crippen LogP contribution is -2.48. The number of hydrogen-bond acceptors (Lipinski definition) is 6. The van der Waals surface area contributed by atoms with Gasteiger partial charge in [-0.2, -0.15) is 4.98 Å². The molecule has 2 amide bonds. The van der Waals surface area contributed by atoms with Crippen molar-refractivity contribution in [3.05, 3.63) is 35.7 Å². The fourth-order valence-corrected chi connectivity index (χ4v) is 4.51. The number of benzene rings is 1. The molecule has 1 aliphatic carbocycles. The van der Waals surface area contributed by atoms with E-state index in [0.717, 1.165) is 43.9 Å². The molecule has 8 heteroatoms. The van der Waals surface area contributed by atoms with Crippen molar-refractivity contribution in [3.63, 3.8) is 0 Å². The van der Waals surface area contributed by atoms with Crippen molar-refractivity contribution < 1.29 is 14.1 Å². The first-order valence-corrected chi connectivity index (χ1v) is 11.6. The Morgan fingerprint density at radius 1 is 1.09 bits per heavy atom. The van der Waals surface area contributed by atoms with Crippen LogP contribution in [0.3, 0.4) is 0 Å². The summed E-state index contributed by atoms with van der Waals surface area (Å²) in [6.07, 6.45) is 5.32. The van der Waals surface area contributed by atoms with Crippen LogP contribution >= 0.6 is 0 Å². The lowest BCUT2D eigenvalue weighted by molar-refractivity contribution is -0.137. The summed E-state index contributed by atoms with van der Waals surface area (Å²) >= 11 is 0. The van der Waals surface area contributed by atoms with Crippen LogP contribution in [0.25, 0.3) is 11.4 Å². The number of carbonyl (C=O) groups is 2. The summed E-state index contributed by atoms with van der Waals surface area (Å²) in [7, 11) is 3.43. The molecule has 2 heterocycles. The quantitative estimate of drug-likeness (QED) is 0.660. The van der Waals surface area contributed by atoms with Crippen molar-refractivity contribution in [1.29, 1.82) is 0 Å². The number of rotatable bonds is 7. The first kappa shape index (κ1) is 22.5. The van der Waals surface area contributed by atoms with Gasteiger partial charge in [0, 0.05) is 71.1 Å². The van der Waals surface area contributed by atoms with E-state index in [0.29, 0.717) is 24.8 Å². The van der Waals surface area contributed by atoms with Gasteiger partial charge < -0.3 is 14.3 Å². The highest BCUT2D eigenvalue weighted by Crippen LogP contribution is 2.34. The first-order chi connectivity index (χ1) is 15.5. The van der Waals surface area contributed by atoms with Crippen molar-refractivity contribution in [2.45, 2.75) is 51.0 Å². The molecule has 172 valence electrons. The Labute approximate surface area is 189 Å². The van der Waals surface area contributed by atoms with Crippen molar-refractivity contribution in [2.24, 2.45) is 0 Å². The Kier molecular flexibility index (Phi) is 7.19. The van der Waals surface area contributed by atoms with Crippen LogP contribution in [-0.2, 0) is 16.1 Å².